The van der Waals surface area contributed by atoms with E-state index in [4.69, 9.17) is 9.47 Å². The largest absolute Gasteiger partial charge is 0.471 e. The summed E-state index contributed by atoms with van der Waals surface area (Å²) in [5.41, 5.74) is -1.61. The molecule has 13 heteroatoms. The van der Waals surface area contributed by atoms with Crippen LogP contribution in [-0.2, 0) is 20.8 Å². The average Bonchev–Trinajstić information content (AvgIpc) is 3.00. The number of aliphatic hydroxyl groups is 2. The molecule has 0 aliphatic carbocycles. The molecule has 0 aromatic carbocycles. The summed E-state index contributed by atoms with van der Waals surface area (Å²) in [5, 5.41) is 19.4. The summed E-state index contributed by atoms with van der Waals surface area (Å²) in [4.78, 5) is 38.7. The zero-order valence-corrected chi connectivity index (χ0v) is 17.0. The number of rotatable bonds is 7. The van der Waals surface area contributed by atoms with E-state index in [-0.39, 0.29) is 5.56 Å². The van der Waals surface area contributed by atoms with Gasteiger partial charge in [0.15, 0.2) is 6.23 Å². The third-order valence-electron chi connectivity index (χ3n) is 4.69. The third-order valence-corrected chi connectivity index (χ3v) is 4.69. The van der Waals surface area contributed by atoms with Crippen LogP contribution in [0.5, 0.6) is 0 Å². The first-order valence-electron chi connectivity index (χ1n) is 9.21. The Balaban J connectivity index is 2.45. The summed E-state index contributed by atoms with van der Waals surface area (Å²) in [6.45, 7) is 1.53. The van der Waals surface area contributed by atoms with Crippen LogP contribution >= 0.6 is 0 Å². The maximum atomic E-state index is 13.0. The van der Waals surface area contributed by atoms with Gasteiger partial charge in [-0.1, -0.05) is 11.6 Å². The molecule has 2 heterocycles. The van der Waals surface area contributed by atoms with E-state index in [0.29, 0.717) is 10.5 Å². The lowest BCUT2D eigenvalue weighted by molar-refractivity contribution is -0.185. The second-order valence-corrected chi connectivity index (χ2v) is 7.22. The summed E-state index contributed by atoms with van der Waals surface area (Å²) in [7, 11) is 1.23. The van der Waals surface area contributed by atoms with Crippen LogP contribution in [0.25, 0.3) is 0 Å². The number of methoxy groups -OCH3 is 1. The number of nitrogens with one attached hydrogen (secondary N) is 1. The smallest absolute Gasteiger partial charge is 0.394 e. The Morgan fingerprint density at radius 1 is 1.39 bits per heavy atom. The average molecular weight is 451 g/mol. The highest BCUT2D eigenvalue weighted by atomic mass is 19.4. The predicted octanol–water partition coefficient (Wildman–Crippen LogP) is -0.341. The Hall–Kier alpha value is -2.48. The van der Waals surface area contributed by atoms with Crippen molar-refractivity contribution < 1.29 is 37.7 Å². The number of halogens is 3. The minimum Gasteiger partial charge on any atom is -0.394 e. The molecule has 4 atom stereocenters. The number of aromatic amines is 1. The lowest BCUT2D eigenvalue weighted by atomic mass is 10.1. The number of carbonyl (C=O) groups excluding carboxylic acids is 1. The van der Waals surface area contributed by atoms with Gasteiger partial charge in [-0.3, -0.25) is 19.1 Å². The van der Waals surface area contributed by atoms with Crippen LogP contribution in [0.15, 0.2) is 27.4 Å². The van der Waals surface area contributed by atoms with Gasteiger partial charge in [-0.2, -0.15) is 13.2 Å². The topological polar surface area (TPSA) is 134 Å². The van der Waals surface area contributed by atoms with Crippen LogP contribution in [0.3, 0.4) is 0 Å². The molecule has 174 valence electrons. The molecule has 0 saturated carbocycles. The summed E-state index contributed by atoms with van der Waals surface area (Å²) in [6.07, 6.45) is -7.59. The van der Waals surface area contributed by atoms with Crippen LogP contribution in [0.1, 0.15) is 25.6 Å². The van der Waals surface area contributed by atoms with E-state index in [1.807, 2.05) is 4.98 Å². The molecule has 4 unspecified atom stereocenters. The van der Waals surface area contributed by atoms with Gasteiger partial charge in [-0.05, 0) is 13.8 Å². The van der Waals surface area contributed by atoms with Crippen molar-refractivity contribution in [3.05, 3.63) is 44.2 Å². The van der Waals surface area contributed by atoms with Crippen molar-refractivity contribution in [3.8, 4) is 0 Å². The van der Waals surface area contributed by atoms with E-state index in [0.717, 1.165) is 10.8 Å². The number of allylic oxidation sites excluding steroid dienone is 1. The lowest BCUT2D eigenvalue weighted by Crippen LogP contribution is -2.44. The molecule has 2 rings (SSSR count). The van der Waals surface area contributed by atoms with E-state index in [2.05, 4.69) is 0 Å². The second-order valence-electron chi connectivity index (χ2n) is 7.22. The molecule has 10 nitrogen and oxygen atoms in total. The van der Waals surface area contributed by atoms with Crippen molar-refractivity contribution in [2.45, 2.75) is 51.1 Å². The molecule has 1 aliphatic heterocycles. The number of amides is 1. The zero-order valence-electron chi connectivity index (χ0n) is 17.0. The molecule has 1 aromatic rings. The van der Waals surface area contributed by atoms with Crippen molar-refractivity contribution >= 4 is 5.91 Å². The van der Waals surface area contributed by atoms with Crippen LogP contribution in [0.4, 0.5) is 13.2 Å². The van der Waals surface area contributed by atoms with Crippen LogP contribution in [-0.4, -0.2) is 75.3 Å². The highest BCUT2D eigenvalue weighted by Gasteiger charge is 2.45. The summed E-state index contributed by atoms with van der Waals surface area (Å²) in [6, 6.07) is 0. The van der Waals surface area contributed by atoms with Gasteiger partial charge in [0.25, 0.3) is 5.56 Å². The molecule has 1 saturated heterocycles. The molecule has 31 heavy (non-hydrogen) atoms. The molecule has 0 spiro atoms. The first kappa shape index (κ1) is 24.8. The maximum Gasteiger partial charge on any atom is 0.471 e. The number of nitrogens with zero attached hydrogens (tertiary/aromatic N) is 2. The zero-order chi connectivity index (χ0) is 23.5. The van der Waals surface area contributed by atoms with Gasteiger partial charge < -0.3 is 24.6 Å². The number of carbonyl (C=O) groups is 1. The Morgan fingerprint density at radius 3 is 2.55 bits per heavy atom. The third kappa shape index (κ3) is 5.61. The maximum absolute atomic E-state index is 13.0. The van der Waals surface area contributed by atoms with Crippen LogP contribution < -0.4 is 11.2 Å². The molecule has 0 radical (unpaired) electrons. The van der Waals surface area contributed by atoms with Gasteiger partial charge in [-0.25, -0.2) is 4.79 Å². The molecular weight excluding hydrogens is 427 g/mol. The van der Waals surface area contributed by atoms with Gasteiger partial charge in [0.05, 0.1) is 18.7 Å². The number of aliphatic hydroxyl groups excluding tert-OH is 2. The molecule has 3 N–H and O–H groups in total. The minimum absolute atomic E-state index is 0.320. The fourth-order valence-electron chi connectivity index (χ4n) is 3.07. The monoisotopic (exact) mass is 451 g/mol. The number of H-pyrrole nitrogens is 1. The highest BCUT2D eigenvalue weighted by molar-refractivity contribution is 5.82. The Kier molecular flexibility index (Phi) is 7.81. The first-order chi connectivity index (χ1) is 14.4. The van der Waals surface area contributed by atoms with Gasteiger partial charge >= 0.3 is 17.8 Å². The van der Waals surface area contributed by atoms with Crippen molar-refractivity contribution in [2.24, 2.45) is 0 Å². The number of hydrogen-bond acceptors (Lipinski definition) is 7. The van der Waals surface area contributed by atoms with Gasteiger partial charge in [-0.15, -0.1) is 0 Å². The van der Waals surface area contributed by atoms with Crippen LogP contribution in [0, 0.1) is 0 Å². The SMILES string of the molecule is COC1C(O)C(CO)OC1n1cc(CN(CC=C(C)C)C(=O)C(F)(F)F)c(=O)[nH]c1=O. The summed E-state index contributed by atoms with van der Waals surface area (Å²) >= 11 is 0. The van der Waals surface area contributed by atoms with E-state index in [1.165, 1.54) is 13.2 Å². The normalized spacial score (nSPS) is 23.6. The standard InChI is InChI=1S/C18H24F3N3O7/c1-9(2)4-5-23(16(28)18(19,20)21)6-10-7-24(17(29)22-14(10)27)15-13(30-3)12(26)11(8-25)31-15/h4,7,11-13,15,25-26H,5-6,8H2,1-3H3,(H,22,27,29). The molecule has 0 bridgehead atoms. The predicted molar refractivity (Wildman–Crippen MR) is 100 cm³/mol. The highest BCUT2D eigenvalue weighted by Crippen LogP contribution is 2.30. The second kappa shape index (κ2) is 9.77. The summed E-state index contributed by atoms with van der Waals surface area (Å²) < 4.78 is 50.4. The van der Waals surface area contributed by atoms with E-state index >= 15 is 0 Å². The molecule has 1 aliphatic rings. The number of aromatic nitrogens is 2. The molecule has 1 aromatic heterocycles. The first-order valence-corrected chi connectivity index (χ1v) is 9.21. The lowest BCUT2D eigenvalue weighted by Gasteiger charge is -2.24. The number of ether oxygens (including phenoxy) is 2. The van der Waals surface area contributed by atoms with Gasteiger partial charge in [0.1, 0.15) is 18.3 Å². The minimum atomic E-state index is -5.16. The van der Waals surface area contributed by atoms with Crippen molar-refractivity contribution in [1.29, 1.82) is 0 Å². The number of hydrogen-bond donors (Lipinski definition) is 3. The Morgan fingerprint density at radius 2 is 2.03 bits per heavy atom. The molecule has 1 amide bonds. The van der Waals surface area contributed by atoms with Gasteiger partial charge in [0, 0.05) is 19.9 Å². The van der Waals surface area contributed by atoms with E-state index < -0.39 is 67.6 Å². The van der Waals surface area contributed by atoms with Crippen molar-refractivity contribution in [1.82, 2.24) is 14.5 Å². The Bertz CT molecular complexity index is 937. The quantitative estimate of drug-likeness (QED) is 0.483. The van der Waals surface area contributed by atoms with E-state index in [1.54, 1.807) is 13.8 Å². The fourth-order valence-corrected chi connectivity index (χ4v) is 3.07. The summed E-state index contributed by atoms with van der Waals surface area (Å²) in [5.74, 6) is -2.15. The van der Waals surface area contributed by atoms with Crippen molar-refractivity contribution in [3.63, 3.8) is 0 Å². The van der Waals surface area contributed by atoms with Gasteiger partial charge in [0.2, 0.25) is 0 Å². The molecule has 1 fully saturated rings. The fraction of sp³-hybridized carbons (Fsp3) is 0.611. The van der Waals surface area contributed by atoms with Crippen LogP contribution in [0.2, 0.25) is 0 Å². The number of alkyl halides is 3. The molecular formula is C18H24F3N3O7. The Labute approximate surface area is 174 Å². The van der Waals surface area contributed by atoms with Crippen molar-refractivity contribution in [2.75, 3.05) is 20.3 Å². The van der Waals surface area contributed by atoms with E-state index in [9.17, 15) is 37.8 Å².